The zero-order valence-electron chi connectivity index (χ0n) is 17.0. The lowest BCUT2D eigenvalue weighted by atomic mass is 10.1. The third-order valence-electron chi connectivity index (χ3n) is 4.22. The van der Waals surface area contributed by atoms with Gasteiger partial charge in [0.15, 0.2) is 5.82 Å². The molecule has 32 heavy (non-hydrogen) atoms. The van der Waals surface area contributed by atoms with Gasteiger partial charge in [0.25, 0.3) is 0 Å². The molecular weight excluding hydrogens is 461 g/mol. The number of nitrogens with zero attached hydrogens (tertiary/aromatic N) is 4. The highest BCUT2D eigenvalue weighted by Gasteiger charge is 2.21. The Morgan fingerprint density at radius 3 is 2.50 bits per heavy atom. The van der Waals surface area contributed by atoms with Gasteiger partial charge in [-0.25, -0.2) is 22.3 Å². The van der Waals surface area contributed by atoms with Crippen LogP contribution in [-0.2, 0) is 23.0 Å². The van der Waals surface area contributed by atoms with Gasteiger partial charge in [0, 0.05) is 23.7 Å². The van der Waals surface area contributed by atoms with Crippen LogP contribution in [0.2, 0.25) is 5.02 Å². The molecule has 0 saturated heterocycles. The number of anilines is 1. The summed E-state index contributed by atoms with van der Waals surface area (Å²) in [6.07, 6.45) is 1.40. The van der Waals surface area contributed by atoms with E-state index in [2.05, 4.69) is 30.8 Å². The maximum Gasteiger partial charge on any atom is 0.319 e. The van der Waals surface area contributed by atoms with E-state index in [0.29, 0.717) is 17.1 Å². The van der Waals surface area contributed by atoms with E-state index in [1.54, 1.807) is 12.1 Å². The number of hydrogen-bond acceptors (Lipinski definition) is 6. The highest BCUT2D eigenvalue weighted by molar-refractivity contribution is 7.88. The Morgan fingerprint density at radius 1 is 1.16 bits per heavy atom. The number of carbonyl (C=O) groups is 1. The second kappa shape index (κ2) is 10.5. The molecule has 2 amide bonds. The molecule has 0 radical (unpaired) electrons. The number of aromatic nitrogens is 4. The van der Waals surface area contributed by atoms with Crippen molar-refractivity contribution in [2.75, 3.05) is 18.1 Å². The maximum absolute atomic E-state index is 13.1. The quantitative estimate of drug-likeness (QED) is 0.429. The van der Waals surface area contributed by atoms with Crippen molar-refractivity contribution in [1.29, 1.82) is 0 Å². The number of hydrogen-bond donors (Lipinski definition) is 3. The van der Waals surface area contributed by atoms with Crippen LogP contribution in [0.3, 0.4) is 0 Å². The van der Waals surface area contributed by atoms with Crippen LogP contribution in [0.4, 0.5) is 14.9 Å². The molecule has 1 aromatic heterocycles. The Morgan fingerprint density at radius 2 is 1.84 bits per heavy atom. The summed E-state index contributed by atoms with van der Waals surface area (Å²) < 4.78 is 37.8. The number of tetrazole rings is 1. The molecule has 0 unspecified atom stereocenters. The van der Waals surface area contributed by atoms with E-state index in [1.807, 2.05) is 12.1 Å². The molecule has 1 atom stereocenters. The van der Waals surface area contributed by atoms with Gasteiger partial charge in [-0.05, 0) is 47.2 Å². The molecule has 0 fully saturated rings. The van der Waals surface area contributed by atoms with Gasteiger partial charge >= 0.3 is 6.03 Å². The molecule has 0 bridgehead atoms. The van der Waals surface area contributed by atoms with Crippen molar-refractivity contribution < 1.29 is 17.6 Å². The smallest absolute Gasteiger partial charge is 0.319 e. The first-order valence-electron chi connectivity index (χ1n) is 9.48. The van der Waals surface area contributed by atoms with Crippen molar-refractivity contribution in [3.63, 3.8) is 0 Å². The number of urea groups is 1. The summed E-state index contributed by atoms with van der Waals surface area (Å²) in [5.74, 6) is -0.170. The molecule has 0 aliphatic carbocycles. The fourth-order valence-corrected chi connectivity index (χ4v) is 3.33. The van der Waals surface area contributed by atoms with Crippen molar-refractivity contribution in [2.45, 2.75) is 19.0 Å². The molecule has 0 saturated carbocycles. The summed E-state index contributed by atoms with van der Waals surface area (Å²) in [6, 6.07) is 11.3. The number of benzene rings is 2. The molecular formula is C19H21ClFN7O3S. The van der Waals surface area contributed by atoms with E-state index in [1.165, 1.54) is 29.1 Å². The monoisotopic (exact) mass is 481 g/mol. The third kappa shape index (κ3) is 7.55. The average Bonchev–Trinajstić information content (AvgIpc) is 3.19. The van der Waals surface area contributed by atoms with Crippen LogP contribution in [-0.4, -0.2) is 47.5 Å². The van der Waals surface area contributed by atoms with Gasteiger partial charge in [-0.1, -0.05) is 23.7 Å². The van der Waals surface area contributed by atoms with Crippen molar-refractivity contribution >= 4 is 33.3 Å². The summed E-state index contributed by atoms with van der Waals surface area (Å²) in [4.78, 5) is 13.8. The largest absolute Gasteiger partial charge is 0.327 e. The summed E-state index contributed by atoms with van der Waals surface area (Å²) in [6.45, 7) is 0.254. The summed E-state index contributed by atoms with van der Waals surface area (Å²) in [5, 5.41) is 18.2. The lowest BCUT2D eigenvalue weighted by molar-refractivity contribution is 0.248. The van der Waals surface area contributed by atoms with Gasteiger partial charge in [-0.3, -0.25) is 0 Å². The molecule has 170 valence electrons. The van der Waals surface area contributed by atoms with Crippen LogP contribution in [0.25, 0.3) is 0 Å². The standard InChI is InChI=1S/C19H21ClFN7O3S/c1-32(30,31)22-10-11-28-26-18(25-27-28)17(12-13-2-4-14(20)5-3-13)24-19(29)23-16-8-6-15(21)7-9-16/h2-9,17,22H,10-12H2,1H3,(H2,23,24,29)/t17-/m0/s1. The number of nitrogens with one attached hydrogen (secondary N) is 3. The van der Waals surface area contributed by atoms with Crippen LogP contribution >= 0.6 is 11.6 Å². The van der Waals surface area contributed by atoms with Crippen molar-refractivity contribution in [2.24, 2.45) is 0 Å². The van der Waals surface area contributed by atoms with Crippen LogP contribution in [0, 0.1) is 5.82 Å². The second-order valence-electron chi connectivity index (χ2n) is 6.90. The predicted octanol–water partition coefficient (Wildman–Crippen LogP) is 2.12. The Hall–Kier alpha value is -3.09. The first-order chi connectivity index (χ1) is 15.2. The van der Waals surface area contributed by atoms with Gasteiger partial charge < -0.3 is 10.6 Å². The van der Waals surface area contributed by atoms with E-state index in [4.69, 9.17) is 11.6 Å². The van der Waals surface area contributed by atoms with E-state index in [-0.39, 0.29) is 18.9 Å². The zero-order valence-corrected chi connectivity index (χ0v) is 18.6. The Kier molecular flexibility index (Phi) is 7.72. The molecule has 13 heteroatoms. The SMILES string of the molecule is CS(=O)(=O)NCCn1nnc([C@H](Cc2ccc(Cl)cc2)NC(=O)Nc2ccc(F)cc2)n1. The number of rotatable bonds is 9. The van der Waals surface area contributed by atoms with Crippen LogP contribution in [0.5, 0.6) is 0 Å². The molecule has 3 aromatic rings. The van der Waals surface area contributed by atoms with Crippen LogP contribution < -0.4 is 15.4 Å². The van der Waals surface area contributed by atoms with Gasteiger partial charge in [-0.2, -0.15) is 4.80 Å². The molecule has 10 nitrogen and oxygen atoms in total. The van der Waals surface area contributed by atoms with Gasteiger partial charge in [0.2, 0.25) is 10.0 Å². The lowest BCUT2D eigenvalue weighted by Crippen LogP contribution is -2.34. The van der Waals surface area contributed by atoms with Crippen molar-refractivity contribution in [1.82, 2.24) is 30.2 Å². The van der Waals surface area contributed by atoms with Gasteiger partial charge in [0.05, 0.1) is 18.8 Å². The predicted molar refractivity (Wildman–Crippen MR) is 117 cm³/mol. The summed E-state index contributed by atoms with van der Waals surface area (Å²) in [7, 11) is -3.34. The summed E-state index contributed by atoms with van der Waals surface area (Å²) in [5.41, 5.74) is 1.29. The fourth-order valence-electron chi connectivity index (χ4n) is 2.74. The molecule has 2 aromatic carbocycles. The van der Waals surface area contributed by atoms with Crippen LogP contribution in [0.15, 0.2) is 48.5 Å². The maximum atomic E-state index is 13.1. The van der Waals surface area contributed by atoms with E-state index in [0.717, 1.165) is 11.8 Å². The Bertz CT molecular complexity index is 1150. The number of carbonyl (C=O) groups excluding carboxylic acids is 1. The number of amides is 2. The van der Waals surface area contributed by atoms with E-state index in [9.17, 15) is 17.6 Å². The minimum absolute atomic E-state index is 0.0922. The summed E-state index contributed by atoms with van der Waals surface area (Å²) >= 11 is 5.94. The first kappa shape index (κ1) is 23.6. The Labute approximate surface area is 189 Å². The third-order valence-corrected chi connectivity index (χ3v) is 5.20. The normalized spacial score (nSPS) is 12.3. The molecule has 3 rings (SSSR count). The Balaban J connectivity index is 1.72. The van der Waals surface area contributed by atoms with Gasteiger partial charge in [-0.15, -0.1) is 10.2 Å². The highest BCUT2D eigenvalue weighted by atomic mass is 35.5. The molecule has 0 spiro atoms. The topological polar surface area (TPSA) is 131 Å². The van der Waals surface area contributed by atoms with E-state index < -0.39 is 27.9 Å². The second-order valence-corrected chi connectivity index (χ2v) is 9.17. The fraction of sp³-hybridized carbons (Fsp3) is 0.263. The van der Waals surface area contributed by atoms with E-state index >= 15 is 0 Å². The van der Waals surface area contributed by atoms with Crippen molar-refractivity contribution in [3.8, 4) is 0 Å². The lowest BCUT2D eigenvalue weighted by Gasteiger charge is -2.16. The molecule has 1 heterocycles. The number of sulfonamides is 1. The van der Waals surface area contributed by atoms with Crippen LogP contribution in [0.1, 0.15) is 17.4 Å². The number of halogens is 2. The zero-order chi connectivity index (χ0) is 23.1. The first-order valence-corrected chi connectivity index (χ1v) is 11.7. The average molecular weight is 482 g/mol. The minimum Gasteiger partial charge on any atom is -0.327 e. The van der Waals surface area contributed by atoms with Gasteiger partial charge in [0.1, 0.15) is 5.82 Å². The highest BCUT2D eigenvalue weighted by Crippen LogP contribution is 2.18. The minimum atomic E-state index is -3.34. The molecule has 0 aliphatic rings. The van der Waals surface area contributed by atoms with Crippen molar-refractivity contribution in [3.05, 3.63) is 70.8 Å². The molecule has 3 N–H and O–H groups in total. The molecule has 0 aliphatic heterocycles.